The summed E-state index contributed by atoms with van der Waals surface area (Å²) in [5.74, 6) is 0. The number of aryl methyl sites for hydroxylation is 2. The van der Waals surface area contributed by atoms with Gasteiger partial charge >= 0.3 is 0 Å². The molecule has 0 atom stereocenters. The predicted molar refractivity (Wildman–Crippen MR) is 111 cm³/mol. The van der Waals surface area contributed by atoms with Gasteiger partial charge in [-0.25, -0.2) is 0 Å². The van der Waals surface area contributed by atoms with Gasteiger partial charge in [0.25, 0.3) is 0 Å². The zero-order valence-corrected chi connectivity index (χ0v) is 15.0. The molecule has 0 aliphatic carbocycles. The van der Waals surface area contributed by atoms with E-state index in [1.54, 1.807) is 0 Å². The average Bonchev–Trinajstić information content (AvgIpc) is 2.66. The molecule has 2 N–H and O–H groups in total. The van der Waals surface area contributed by atoms with Crippen molar-refractivity contribution in [3.05, 3.63) is 90.1 Å². The van der Waals surface area contributed by atoms with Crippen molar-refractivity contribution in [2.45, 2.75) is 13.8 Å². The van der Waals surface area contributed by atoms with Gasteiger partial charge in [-0.15, -0.1) is 0 Å². The molecule has 4 aromatic rings. The first-order valence-electron chi connectivity index (χ1n) is 8.75. The first-order chi connectivity index (χ1) is 12.7. The van der Waals surface area contributed by atoms with E-state index in [4.69, 9.17) is 0 Å². The summed E-state index contributed by atoms with van der Waals surface area (Å²) in [5, 5.41) is 8.27. The standard InChI is InChI=1S/C23H21N3/c1-16-8-5-9-17(2)22(16)26-20-13-4-3-12-19(20)25-21-14-6-10-18-11-7-15-24-23(18)21/h3-15,25-26H,1-2H3. The topological polar surface area (TPSA) is 37.0 Å². The highest BCUT2D eigenvalue weighted by Crippen LogP contribution is 2.32. The summed E-state index contributed by atoms with van der Waals surface area (Å²) >= 11 is 0. The number of aromatic nitrogens is 1. The van der Waals surface area contributed by atoms with Gasteiger partial charge in [0, 0.05) is 17.3 Å². The van der Waals surface area contributed by atoms with Crippen molar-refractivity contribution in [3.8, 4) is 0 Å². The summed E-state index contributed by atoms with van der Waals surface area (Å²) in [4.78, 5) is 4.54. The highest BCUT2D eigenvalue weighted by atomic mass is 15.0. The van der Waals surface area contributed by atoms with Crippen LogP contribution in [0.4, 0.5) is 22.7 Å². The number of fused-ring (bicyclic) bond motifs is 1. The molecule has 1 heterocycles. The maximum absolute atomic E-state index is 4.54. The van der Waals surface area contributed by atoms with Crippen molar-refractivity contribution in [2.75, 3.05) is 10.6 Å². The molecule has 0 bridgehead atoms. The normalized spacial score (nSPS) is 10.7. The molecule has 0 fully saturated rings. The first kappa shape index (κ1) is 16.2. The molecular weight excluding hydrogens is 318 g/mol. The van der Waals surface area contributed by atoms with Crippen LogP contribution in [0.15, 0.2) is 79.0 Å². The SMILES string of the molecule is Cc1cccc(C)c1Nc1ccccc1Nc1cccc2cccnc12. The van der Waals surface area contributed by atoms with Crippen molar-refractivity contribution < 1.29 is 0 Å². The minimum atomic E-state index is 0.969. The van der Waals surface area contributed by atoms with E-state index in [0.717, 1.165) is 33.7 Å². The van der Waals surface area contributed by atoms with Gasteiger partial charge in [-0.3, -0.25) is 4.98 Å². The molecule has 0 aliphatic heterocycles. The Hall–Kier alpha value is -3.33. The number of hydrogen-bond acceptors (Lipinski definition) is 3. The number of nitrogens with zero attached hydrogens (tertiary/aromatic N) is 1. The molecule has 3 nitrogen and oxygen atoms in total. The van der Waals surface area contributed by atoms with Gasteiger partial charge in [0.05, 0.1) is 22.6 Å². The number of para-hydroxylation sites is 4. The lowest BCUT2D eigenvalue weighted by molar-refractivity contribution is 1.36. The second kappa shape index (κ2) is 6.89. The van der Waals surface area contributed by atoms with Gasteiger partial charge < -0.3 is 10.6 Å². The van der Waals surface area contributed by atoms with Crippen molar-refractivity contribution in [2.24, 2.45) is 0 Å². The minimum absolute atomic E-state index is 0.969. The van der Waals surface area contributed by atoms with E-state index in [0.29, 0.717) is 0 Å². The van der Waals surface area contributed by atoms with E-state index in [1.165, 1.54) is 11.1 Å². The molecule has 0 saturated heterocycles. The van der Waals surface area contributed by atoms with Crippen LogP contribution in [0.2, 0.25) is 0 Å². The Labute approximate surface area is 153 Å². The van der Waals surface area contributed by atoms with Crippen LogP contribution in [-0.2, 0) is 0 Å². The molecule has 0 unspecified atom stereocenters. The zero-order valence-electron chi connectivity index (χ0n) is 15.0. The summed E-state index contributed by atoms with van der Waals surface area (Å²) < 4.78 is 0. The van der Waals surface area contributed by atoms with Gasteiger partial charge in [0.15, 0.2) is 0 Å². The zero-order chi connectivity index (χ0) is 17.9. The summed E-state index contributed by atoms with van der Waals surface area (Å²) in [5.41, 5.74) is 7.64. The van der Waals surface area contributed by atoms with Crippen molar-refractivity contribution in [1.29, 1.82) is 0 Å². The molecule has 4 rings (SSSR count). The molecule has 0 aliphatic rings. The Bertz CT molecular complexity index is 1040. The molecule has 128 valence electrons. The molecule has 0 amide bonds. The molecule has 3 aromatic carbocycles. The van der Waals surface area contributed by atoms with E-state index in [9.17, 15) is 0 Å². The van der Waals surface area contributed by atoms with Gasteiger partial charge in [-0.2, -0.15) is 0 Å². The average molecular weight is 339 g/mol. The molecule has 26 heavy (non-hydrogen) atoms. The summed E-state index contributed by atoms with van der Waals surface area (Å²) in [6, 6.07) is 24.8. The molecule has 0 saturated carbocycles. The van der Waals surface area contributed by atoms with E-state index in [1.807, 2.05) is 30.5 Å². The van der Waals surface area contributed by atoms with Crippen LogP contribution in [0.1, 0.15) is 11.1 Å². The third-order valence-electron chi connectivity index (χ3n) is 4.57. The lowest BCUT2D eigenvalue weighted by Crippen LogP contribution is -2.00. The Balaban J connectivity index is 1.72. The molecule has 0 radical (unpaired) electrons. The monoisotopic (exact) mass is 339 g/mol. The number of rotatable bonds is 4. The maximum Gasteiger partial charge on any atom is 0.0936 e. The Morgan fingerprint density at radius 1 is 0.615 bits per heavy atom. The molecule has 0 spiro atoms. The smallest absolute Gasteiger partial charge is 0.0936 e. The number of anilines is 4. The fraction of sp³-hybridized carbons (Fsp3) is 0.0870. The Morgan fingerprint density at radius 3 is 2.00 bits per heavy atom. The molecule has 3 heteroatoms. The maximum atomic E-state index is 4.54. The van der Waals surface area contributed by atoms with E-state index in [-0.39, 0.29) is 0 Å². The van der Waals surface area contributed by atoms with Crippen LogP contribution < -0.4 is 10.6 Å². The minimum Gasteiger partial charge on any atom is -0.353 e. The Morgan fingerprint density at radius 2 is 1.23 bits per heavy atom. The number of hydrogen-bond donors (Lipinski definition) is 2. The van der Waals surface area contributed by atoms with Crippen LogP contribution in [0.5, 0.6) is 0 Å². The third kappa shape index (κ3) is 3.11. The summed E-state index contributed by atoms with van der Waals surface area (Å²) in [6.45, 7) is 4.25. The fourth-order valence-corrected chi connectivity index (χ4v) is 3.20. The van der Waals surface area contributed by atoms with Crippen molar-refractivity contribution in [1.82, 2.24) is 4.98 Å². The number of nitrogens with one attached hydrogen (secondary N) is 2. The fourth-order valence-electron chi connectivity index (χ4n) is 3.20. The lowest BCUT2D eigenvalue weighted by Gasteiger charge is -2.17. The second-order valence-corrected chi connectivity index (χ2v) is 6.44. The van der Waals surface area contributed by atoms with Crippen LogP contribution in [-0.4, -0.2) is 4.98 Å². The summed E-state index contributed by atoms with van der Waals surface area (Å²) in [6.07, 6.45) is 1.83. The van der Waals surface area contributed by atoms with Crippen molar-refractivity contribution in [3.63, 3.8) is 0 Å². The van der Waals surface area contributed by atoms with Crippen LogP contribution in [0, 0.1) is 13.8 Å². The lowest BCUT2D eigenvalue weighted by atomic mass is 10.1. The molecule has 1 aromatic heterocycles. The quantitative estimate of drug-likeness (QED) is 0.455. The van der Waals surface area contributed by atoms with E-state index in [2.05, 4.69) is 78.0 Å². The Kier molecular flexibility index (Phi) is 4.28. The van der Waals surface area contributed by atoms with Crippen LogP contribution in [0.3, 0.4) is 0 Å². The van der Waals surface area contributed by atoms with Crippen LogP contribution in [0.25, 0.3) is 10.9 Å². The summed E-state index contributed by atoms with van der Waals surface area (Å²) in [7, 11) is 0. The second-order valence-electron chi connectivity index (χ2n) is 6.44. The highest BCUT2D eigenvalue weighted by molar-refractivity contribution is 5.93. The third-order valence-corrected chi connectivity index (χ3v) is 4.57. The van der Waals surface area contributed by atoms with Crippen molar-refractivity contribution >= 4 is 33.7 Å². The first-order valence-corrected chi connectivity index (χ1v) is 8.75. The molecular formula is C23H21N3. The van der Waals surface area contributed by atoms with Gasteiger partial charge in [0.1, 0.15) is 0 Å². The largest absolute Gasteiger partial charge is 0.353 e. The van der Waals surface area contributed by atoms with E-state index < -0.39 is 0 Å². The van der Waals surface area contributed by atoms with Gasteiger partial charge in [0.2, 0.25) is 0 Å². The van der Waals surface area contributed by atoms with Crippen LogP contribution >= 0.6 is 0 Å². The highest BCUT2D eigenvalue weighted by Gasteiger charge is 2.08. The number of benzene rings is 3. The predicted octanol–water partition coefficient (Wildman–Crippen LogP) is 6.34. The van der Waals surface area contributed by atoms with Gasteiger partial charge in [-0.1, -0.05) is 48.5 Å². The number of pyridine rings is 1. The van der Waals surface area contributed by atoms with E-state index >= 15 is 0 Å². The van der Waals surface area contributed by atoms with Gasteiger partial charge in [-0.05, 0) is 49.2 Å².